The van der Waals surface area contributed by atoms with Crippen LogP contribution in [0.25, 0.3) is 0 Å². The van der Waals surface area contributed by atoms with E-state index in [0.717, 1.165) is 0 Å². The maximum absolute atomic E-state index is 11.7. The monoisotopic (exact) mass is 565 g/mol. The molecule has 0 aliphatic heterocycles. The van der Waals surface area contributed by atoms with Crippen molar-refractivity contribution < 1.29 is 51.7 Å². The van der Waals surface area contributed by atoms with Gasteiger partial charge >= 0.3 is 21.6 Å². The summed E-state index contributed by atoms with van der Waals surface area (Å²) in [5.41, 5.74) is 0. The average molecular weight is 566 g/mol. The van der Waals surface area contributed by atoms with Gasteiger partial charge in [-0.2, -0.15) is 0 Å². The number of nitrogens with one attached hydrogen (secondary N) is 1. The zero-order valence-electron chi connectivity index (χ0n) is 22.3. The number of carboxylic acids is 1. The van der Waals surface area contributed by atoms with E-state index in [4.69, 9.17) is 28.1 Å². The fourth-order valence-corrected chi connectivity index (χ4v) is 4.19. The summed E-state index contributed by atoms with van der Waals surface area (Å²) in [6.45, 7) is 16.6. The Bertz CT molecular complexity index is 698. The van der Waals surface area contributed by atoms with Gasteiger partial charge in [0.2, 0.25) is 5.91 Å². The third-order valence-electron chi connectivity index (χ3n) is 3.66. The highest BCUT2D eigenvalue weighted by atomic mass is 31.2. The number of carbonyl (C=O) groups is 2. The van der Waals surface area contributed by atoms with Crippen LogP contribution in [0.1, 0.15) is 76.2 Å². The molecule has 0 aromatic carbocycles. The minimum atomic E-state index is -4.38. The van der Waals surface area contributed by atoms with E-state index in [1.54, 1.807) is 13.8 Å². The van der Waals surface area contributed by atoms with Crippen molar-refractivity contribution in [3.63, 3.8) is 0 Å². The third kappa shape index (κ3) is 23.6. The summed E-state index contributed by atoms with van der Waals surface area (Å²) in [6, 6.07) is -1.44. The Kier molecular flexibility index (Phi) is 21.2. The topological polar surface area (TPSA) is 178 Å². The number of rotatable bonds is 16. The first kappa shape index (κ1) is 39.7. The minimum Gasteiger partial charge on any atom is -0.480 e. The molecular formula is C22H49NO11P2. The van der Waals surface area contributed by atoms with Crippen molar-refractivity contribution in [2.24, 2.45) is 23.7 Å². The molecule has 12 nitrogen and oxygen atoms in total. The van der Waals surface area contributed by atoms with Gasteiger partial charge in [0.1, 0.15) is 0 Å². The summed E-state index contributed by atoms with van der Waals surface area (Å²) in [7, 11) is -8.18. The molecule has 0 spiro atoms. The zero-order valence-corrected chi connectivity index (χ0v) is 24.1. The van der Waals surface area contributed by atoms with Crippen LogP contribution in [0.15, 0.2) is 0 Å². The highest BCUT2D eigenvalue weighted by Gasteiger charge is 2.34. The molecule has 218 valence electrons. The largest absolute Gasteiger partial charge is 0.480 e. The van der Waals surface area contributed by atoms with Crippen LogP contribution in [-0.4, -0.2) is 58.7 Å². The molecule has 1 amide bonds. The Balaban J connectivity index is -0.000000667. The van der Waals surface area contributed by atoms with Crippen molar-refractivity contribution in [1.82, 2.24) is 5.32 Å². The van der Waals surface area contributed by atoms with Crippen molar-refractivity contribution in [2.75, 3.05) is 19.8 Å². The summed E-state index contributed by atoms with van der Waals surface area (Å²) >= 11 is 0. The molecule has 0 saturated carbocycles. The average Bonchev–Trinajstić information content (AvgIpc) is 2.67. The predicted molar refractivity (Wildman–Crippen MR) is 138 cm³/mol. The lowest BCUT2D eigenvalue weighted by atomic mass is 10.1. The number of hydrogen-bond acceptors (Lipinski definition) is 8. The third-order valence-corrected chi connectivity index (χ3v) is 5.68. The molecule has 36 heavy (non-hydrogen) atoms. The van der Waals surface area contributed by atoms with Crippen LogP contribution in [0, 0.1) is 23.7 Å². The van der Waals surface area contributed by atoms with Gasteiger partial charge in [0.05, 0.1) is 25.9 Å². The first-order valence-electron chi connectivity index (χ1n) is 11.6. The second-order valence-electron chi connectivity index (χ2n) is 9.80. The van der Waals surface area contributed by atoms with E-state index in [1.165, 1.54) is 6.92 Å². The highest BCUT2D eigenvalue weighted by molar-refractivity contribution is 7.47. The van der Waals surface area contributed by atoms with Gasteiger partial charge in [0, 0.05) is 6.42 Å². The molecule has 0 aliphatic carbocycles. The standard InChI is InChI=1S/C13H26NO7P.C8H19O4P.CH4/c1-8(2)6-11(15)14-12(13(16)17)10(5)21-22(18,19)20-7-9(3)4;1-7(2)5-11-13(9,10)12-6-8(3)4;/h8-10,12H,6-7H2,1-5H3,(H,14,15)(H,16,17)(H,18,19);7-8H,5-6H2,1-4H3,(H,9,10);1H4. The lowest BCUT2D eigenvalue weighted by molar-refractivity contribution is -0.144. The Morgan fingerprint density at radius 1 is 0.722 bits per heavy atom. The van der Waals surface area contributed by atoms with Crippen LogP contribution >= 0.6 is 15.6 Å². The number of aliphatic carboxylic acids is 1. The van der Waals surface area contributed by atoms with Gasteiger partial charge in [-0.05, 0) is 30.6 Å². The molecule has 0 rings (SSSR count). The molecule has 3 atom stereocenters. The van der Waals surface area contributed by atoms with Crippen LogP contribution in [0.4, 0.5) is 0 Å². The number of carboxylic acid groups (broad SMARTS) is 1. The molecule has 4 N–H and O–H groups in total. The molecule has 0 aromatic heterocycles. The lowest BCUT2D eigenvalue weighted by Crippen LogP contribution is -2.48. The van der Waals surface area contributed by atoms with Crippen LogP contribution in [-0.2, 0) is 36.8 Å². The van der Waals surface area contributed by atoms with E-state index >= 15 is 0 Å². The van der Waals surface area contributed by atoms with Gasteiger partial charge in [0.15, 0.2) is 6.04 Å². The summed E-state index contributed by atoms with van der Waals surface area (Å²) in [6.07, 6.45) is -1.08. The van der Waals surface area contributed by atoms with Gasteiger partial charge in [0.25, 0.3) is 0 Å². The normalized spacial score (nSPS) is 15.1. The number of hydrogen-bond donors (Lipinski definition) is 4. The first-order valence-corrected chi connectivity index (χ1v) is 14.6. The SMILES string of the molecule is C.CC(C)COP(=O)(O)OC(C)C(NC(=O)CC(C)C)C(=O)O.CC(C)COP(=O)(O)OCC(C)C. The van der Waals surface area contributed by atoms with Gasteiger partial charge in [-0.1, -0.05) is 62.8 Å². The number of amides is 1. The second-order valence-corrected chi connectivity index (χ2v) is 12.7. The molecule has 0 heterocycles. The number of phosphoric acid groups is 2. The Labute approximate surface area is 216 Å². The van der Waals surface area contributed by atoms with E-state index in [0.29, 0.717) is 0 Å². The quantitative estimate of drug-likeness (QED) is 0.188. The minimum absolute atomic E-state index is 0. The fourth-order valence-electron chi connectivity index (χ4n) is 2.05. The van der Waals surface area contributed by atoms with E-state index in [-0.39, 0.29) is 57.3 Å². The molecule has 0 fully saturated rings. The fraction of sp³-hybridized carbons (Fsp3) is 0.909. The van der Waals surface area contributed by atoms with Gasteiger partial charge in [-0.3, -0.25) is 22.9 Å². The molecule has 0 radical (unpaired) electrons. The van der Waals surface area contributed by atoms with E-state index in [9.17, 15) is 23.6 Å². The molecule has 3 unspecified atom stereocenters. The molecule has 0 saturated heterocycles. The summed E-state index contributed by atoms with van der Waals surface area (Å²) in [4.78, 5) is 41.5. The van der Waals surface area contributed by atoms with Crippen molar-refractivity contribution >= 4 is 27.5 Å². The number of phosphoric ester groups is 2. The Morgan fingerprint density at radius 3 is 1.39 bits per heavy atom. The lowest BCUT2D eigenvalue weighted by Gasteiger charge is -2.24. The maximum Gasteiger partial charge on any atom is 0.472 e. The first-order chi connectivity index (χ1) is 15.8. The molecular weight excluding hydrogens is 516 g/mol. The molecule has 0 aliphatic rings. The van der Waals surface area contributed by atoms with Gasteiger partial charge in [-0.25, -0.2) is 13.9 Å². The van der Waals surface area contributed by atoms with Crippen LogP contribution in [0.2, 0.25) is 0 Å². The molecule has 14 heteroatoms. The van der Waals surface area contributed by atoms with Crippen LogP contribution in [0.5, 0.6) is 0 Å². The van der Waals surface area contributed by atoms with E-state index < -0.39 is 39.7 Å². The van der Waals surface area contributed by atoms with Gasteiger partial charge < -0.3 is 20.2 Å². The number of carbonyl (C=O) groups excluding carboxylic acids is 1. The molecule has 0 aromatic rings. The van der Waals surface area contributed by atoms with E-state index in [1.807, 2.05) is 41.5 Å². The predicted octanol–water partition coefficient (Wildman–Crippen LogP) is 4.85. The van der Waals surface area contributed by atoms with E-state index in [2.05, 4.69) is 5.32 Å². The Hall–Kier alpha value is -0.840. The van der Waals surface area contributed by atoms with Gasteiger partial charge in [-0.15, -0.1) is 0 Å². The maximum atomic E-state index is 11.7. The summed E-state index contributed by atoms with van der Waals surface area (Å²) < 4.78 is 41.9. The van der Waals surface area contributed by atoms with Crippen molar-refractivity contribution in [3.05, 3.63) is 0 Å². The Morgan fingerprint density at radius 2 is 1.08 bits per heavy atom. The highest BCUT2D eigenvalue weighted by Crippen LogP contribution is 2.45. The van der Waals surface area contributed by atoms with Crippen molar-refractivity contribution in [1.29, 1.82) is 0 Å². The van der Waals surface area contributed by atoms with Crippen molar-refractivity contribution in [3.8, 4) is 0 Å². The smallest absolute Gasteiger partial charge is 0.472 e. The second kappa shape index (κ2) is 19.3. The zero-order chi connectivity index (χ0) is 28.0. The van der Waals surface area contributed by atoms with Crippen LogP contribution in [0.3, 0.4) is 0 Å². The van der Waals surface area contributed by atoms with Crippen molar-refractivity contribution in [2.45, 2.75) is 88.3 Å². The summed E-state index contributed by atoms with van der Waals surface area (Å²) in [5, 5.41) is 11.4. The molecule has 0 bridgehead atoms. The summed E-state index contributed by atoms with van der Waals surface area (Å²) in [5.74, 6) is -1.29. The van der Waals surface area contributed by atoms with Crippen LogP contribution < -0.4 is 5.32 Å².